The topological polar surface area (TPSA) is 83.9 Å². The lowest BCUT2D eigenvalue weighted by Crippen LogP contribution is -2.29. The smallest absolute Gasteiger partial charge is 0.221 e. The maximum Gasteiger partial charge on any atom is 0.221 e. The number of nitrogens with two attached hydrogens (primary N) is 1. The van der Waals surface area contributed by atoms with Gasteiger partial charge >= 0.3 is 0 Å². The highest BCUT2D eigenvalue weighted by Crippen LogP contribution is 2.40. The van der Waals surface area contributed by atoms with E-state index in [1.807, 2.05) is 19.9 Å². The summed E-state index contributed by atoms with van der Waals surface area (Å²) >= 11 is 0. The molecular formula is C27H32N4O2. The van der Waals surface area contributed by atoms with Crippen molar-refractivity contribution in [2.75, 3.05) is 20.2 Å². The maximum absolute atomic E-state index is 9.57. The molecule has 2 aliphatic rings. The minimum absolute atomic E-state index is 0.0152. The molecule has 1 heterocycles. The Morgan fingerprint density at radius 1 is 1.27 bits per heavy atom. The summed E-state index contributed by atoms with van der Waals surface area (Å²) in [6, 6.07) is 14.7. The predicted molar refractivity (Wildman–Crippen MR) is 131 cm³/mol. The fourth-order valence-electron chi connectivity index (χ4n) is 4.90. The molecule has 4 rings (SSSR count). The van der Waals surface area contributed by atoms with E-state index in [2.05, 4.69) is 35.7 Å². The molecule has 2 atom stereocenters. The van der Waals surface area contributed by atoms with Crippen LogP contribution < -0.4 is 10.5 Å². The second kappa shape index (κ2) is 9.78. The summed E-state index contributed by atoms with van der Waals surface area (Å²) in [5.74, 6) is 0.976. The quantitative estimate of drug-likeness (QED) is 0.526. The van der Waals surface area contributed by atoms with Crippen molar-refractivity contribution in [3.63, 3.8) is 0 Å². The Bertz CT molecular complexity index is 1120. The van der Waals surface area contributed by atoms with Crippen molar-refractivity contribution in [2.24, 2.45) is 10.7 Å². The van der Waals surface area contributed by atoms with Crippen molar-refractivity contribution in [3.8, 4) is 11.8 Å². The number of benzene rings is 2. The van der Waals surface area contributed by atoms with Crippen LogP contribution in [0.5, 0.6) is 5.75 Å². The molecule has 1 aliphatic carbocycles. The largest absolute Gasteiger partial charge is 0.490 e. The zero-order chi connectivity index (χ0) is 23.5. The van der Waals surface area contributed by atoms with E-state index >= 15 is 0 Å². The minimum atomic E-state index is -0.0152. The minimum Gasteiger partial charge on any atom is -0.490 e. The molecule has 6 heteroatoms. The van der Waals surface area contributed by atoms with E-state index in [9.17, 15) is 5.26 Å². The fourth-order valence-corrected chi connectivity index (χ4v) is 4.90. The van der Waals surface area contributed by atoms with Gasteiger partial charge in [-0.3, -0.25) is 4.90 Å². The molecule has 0 aromatic heterocycles. The number of hydrogen-bond donors (Lipinski definition) is 1. The summed E-state index contributed by atoms with van der Waals surface area (Å²) in [7, 11) is 1.58. The standard InChI is InChI=1S/C27H32N4O2/c1-17(2)33-26-11-8-19(14-20(26)15-28)27(32-4)30-18(3)22-6-5-7-24-23(22)9-10-25(24)31-13-12-21(29)16-31/h5-8,11,14,17,21,25H,3,9-10,12-13,16,29H2,1-2,4H3. The van der Waals surface area contributed by atoms with Gasteiger partial charge in [0.05, 0.1) is 24.5 Å². The van der Waals surface area contributed by atoms with Crippen LogP contribution in [0.3, 0.4) is 0 Å². The lowest BCUT2D eigenvalue weighted by atomic mass is 10.00. The summed E-state index contributed by atoms with van der Waals surface area (Å²) in [5.41, 5.74) is 11.7. The van der Waals surface area contributed by atoms with Gasteiger partial charge < -0.3 is 15.2 Å². The van der Waals surface area contributed by atoms with Gasteiger partial charge in [0.15, 0.2) is 0 Å². The predicted octanol–water partition coefficient (Wildman–Crippen LogP) is 4.43. The van der Waals surface area contributed by atoms with Gasteiger partial charge in [-0.15, -0.1) is 0 Å². The number of ether oxygens (including phenoxy) is 2. The fraction of sp³-hybridized carbons (Fsp3) is 0.407. The van der Waals surface area contributed by atoms with Crippen LogP contribution in [-0.2, 0) is 11.2 Å². The van der Waals surface area contributed by atoms with Gasteiger partial charge in [-0.1, -0.05) is 24.8 Å². The molecule has 33 heavy (non-hydrogen) atoms. The molecule has 2 aromatic carbocycles. The highest BCUT2D eigenvalue weighted by Gasteiger charge is 2.33. The molecule has 0 spiro atoms. The van der Waals surface area contributed by atoms with Crippen LogP contribution in [0.15, 0.2) is 48.0 Å². The summed E-state index contributed by atoms with van der Waals surface area (Å²) in [6.45, 7) is 10.1. The Labute approximate surface area is 196 Å². The van der Waals surface area contributed by atoms with Crippen molar-refractivity contribution in [2.45, 2.75) is 51.3 Å². The first-order valence-corrected chi connectivity index (χ1v) is 11.6. The lowest BCUT2D eigenvalue weighted by Gasteiger charge is -2.24. The van der Waals surface area contributed by atoms with Crippen LogP contribution >= 0.6 is 0 Å². The summed E-state index contributed by atoms with van der Waals surface area (Å²) in [4.78, 5) is 7.24. The molecule has 6 nitrogen and oxygen atoms in total. The van der Waals surface area contributed by atoms with Gasteiger partial charge in [-0.05, 0) is 62.4 Å². The number of aliphatic imine (C=N–C) groups is 1. The third-order valence-corrected chi connectivity index (χ3v) is 6.39. The van der Waals surface area contributed by atoms with Gasteiger partial charge in [0, 0.05) is 36.3 Å². The zero-order valence-electron chi connectivity index (χ0n) is 19.7. The Balaban J connectivity index is 1.62. The van der Waals surface area contributed by atoms with E-state index in [0.29, 0.717) is 34.5 Å². The average molecular weight is 445 g/mol. The monoisotopic (exact) mass is 444 g/mol. The van der Waals surface area contributed by atoms with Crippen molar-refractivity contribution in [3.05, 3.63) is 70.8 Å². The summed E-state index contributed by atoms with van der Waals surface area (Å²) < 4.78 is 11.3. The van der Waals surface area contributed by atoms with Crippen LogP contribution in [0, 0.1) is 11.3 Å². The van der Waals surface area contributed by atoms with Crippen molar-refractivity contribution < 1.29 is 9.47 Å². The number of rotatable bonds is 6. The molecular weight excluding hydrogens is 412 g/mol. The second-order valence-corrected chi connectivity index (χ2v) is 9.03. The van der Waals surface area contributed by atoms with E-state index in [4.69, 9.17) is 20.2 Å². The molecule has 172 valence electrons. The highest BCUT2D eigenvalue weighted by molar-refractivity contribution is 5.98. The Hall–Kier alpha value is -3.14. The molecule has 0 bridgehead atoms. The van der Waals surface area contributed by atoms with Crippen LogP contribution in [0.1, 0.15) is 60.5 Å². The van der Waals surface area contributed by atoms with Gasteiger partial charge in [-0.25, -0.2) is 4.99 Å². The van der Waals surface area contributed by atoms with Crippen molar-refractivity contribution in [1.29, 1.82) is 5.26 Å². The van der Waals surface area contributed by atoms with E-state index < -0.39 is 0 Å². The molecule has 2 N–H and O–H groups in total. The first kappa shape index (κ1) is 23.0. The zero-order valence-corrected chi connectivity index (χ0v) is 19.7. The molecule has 1 fully saturated rings. The molecule has 0 radical (unpaired) electrons. The molecule has 2 unspecified atom stereocenters. The number of likely N-dealkylation sites (tertiary alicyclic amines) is 1. The highest BCUT2D eigenvalue weighted by atomic mass is 16.5. The van der Waals surface area contributed by atoms with Crippen LogP contribution in [0.4, 0.5) is 0 Å². The Morgan fingerprint density at radius 3 is 2.76 bits per heavy atom. The second-order valence-electron chi connectivity index (χ2n) is 9.03. The molecule has 2 aromatic rings. The lowest BCUT2D eigenvalue weighted by molar-refractivity contribution is 0.241. The van der Waals surface area contributed by atoms with Gasteiger partial charge in [-0.2, -0.15) is 5.26 Å². The number of methoxy groups -OCH3 is 1. The van der Waals surface area contributed by atoms with Crippen LogP contribution in [-0.4, -0.2) is 43.1 Å². The first-order valence-electron chi connectivity index (χ1n) is 11.6. The number of fused-ring (bicyclic) bond motifs is 1. The van der Waals surface area contributed by atoms with E-state index in [-0.39, 0.29) is 12.1 Å². The molecule has 0 amide bonds. The van der Waals surface area contributed by atoms with Crippen molar-refractivity contribution in [1.82, 2.24) is 4.90 Å². The van der Waals surface area contributed by atoms with Crippen LogP contribution in [0.2, 0.25) is 0 Å². The van der Waals surface area contributed by atoms with E-state index in [1.54, 1.807) is 19.2 Å². The normalized spacial score (nSPS) is 20.5. The van der Waals surface area contributed by atoms with Gasteiger partial charge in [0.2, 0.25) is 5.90 Å². The molecule has 0 saturated carbocycles. The number of nitrogens with zero attached hydrogens (tertiary/aromatic N) is 3. The van der Waals surface area contributed by atoms with E-state index in [1.165, 1.54) is 11.1 Å². The third-order valence-electron chi connectivity index (χ3n) is 6.39. The molecule has 1 saturated heterocycles. The average Bonchev–Trinajstić information content (AvgIpc) is 3.43. The maximum atomic E-state index is 9.57. The molecule has 1 aliphatic heterocycles. The third kappa shape index (κ3) is 4.80. The Kier molecular flexibility index (Phi) is 6.83. The van der Waals surface area contributed by atoms with E-state index in [0.717, 1.165) is 37.9 Å². The Morgan fingerprint density at radius 2 is 2.09 bits per heavy atom. The van der Waals surface area contributed by atoms with Crippen LogP contribution in [0.25, 0.3) is 5.70 Å². The SMILES string of the molecule is C=C(N=C(OC)c1ccc(OC(C)C)c(C#N)c1)c1cccc2c1CCC2N1CCC(N)C1. The summed E-state index contributed by atoms with van der Waals surface area (Å²) in [6.07, 6.45) is 3.14. The van der Waals surface area contributed by atoms with Gasteiger partial charge in [0.25, 0.3) is 0 Å². The number of nitriles is 1. The van der Waals surface area contributed by atoms with Crippen molar-refractivity contribution >= 4 is 11.6 Å². The number of hydrogen-bond acceptors (Lipinski definition) is 6. The first-order chi connectivity index (χ1) is 15.9. The van der Waals surface area contributed by atoms with Gasteiger partial charge in [0.1, 0.15) is 11.8 Å². The summed E-state index contributed by atoms with van der Waals surface area (Å²) in [5, 5.41) is 9.57.